The fraction of sp³-hybridized carbons (Fsp3) is 0.158. The first kappa shape index (κ1) is 17.8. The summed E-state index contributed by atoms with van der Waals surface area (Å²) in [5.74, 6) is 0.764. The van der Waals surface area contributed by atoms with Crippen LogP contribution >= 0.6 is 27.3 Å². The number of hydrogen-bond donors (Lipinski definition) is 1. The summed E-state index contributed by atoms with van der Waals surface area (Å²) in [5.41, 5.74) is 2.68. The fourth-order valence-electron chi connectivity index (χ4n) is 2.67. The van der Waals surface area contributed by atoms with Crippen LogP contribution in [0.25, 0.3) is 15.5 Å². The molecule has 0 aliphatic rings. The van der Waals surface area contributed by atoms with Crippen LogP contribution < -0.4 is 5.32 Å². The van der Waals surface area contributed by atoms with Crippen molar-refractivity contribution < 1.29 is 4.79 Å². The van der Waals surface area contributed by atoms with E-state index in [4.69, 9.17) is 0 Å². The lowest BCUT2D eigenvalue weighted by Crippen LogP contribution is -2.22. The summed E-state index contributed by atoms with van der Waals surface area (Å²) in [5, 5.41) is 16.7. The zero-order valence-corrected chi connectivity index (χ0v) is 16.9. The Morgan fingerprint density at radius 2 is 2.00 bits per heavy atom. The van der Waals surface area contributed by atoms with Crippen LogP contribution in [0.3, 0.4) is 0 Å². The average Bonchev–Trinajstić information content (AvgIpc) is 3.27. The molecule has 136 valence electrons. The van der Waals surface area contributed by atoms with Gasteiger partial charge in [0.15, 0.2) is 5.82 Å². The molecule has 0 bridgehead atoms. The van der Waals surface area contributed by atoms with Crippen LogP contribution in [-0.2, 0) is 13.0 Å². The van der Waals surface area contributed by atoms with Crippen LogP contribution in [-0.4, -0.2) is 25.7 Å². The van der Waals surface area contributed by atoms with E-state index in [2.05, 4.69) is 36.5 Å². The number of rotatable bonds is 5. The van der Waals surface area contributed by atoms with Gasteiger partial charge < -0.3 is 5.32 Å². The van der Waals surface area contributed by atoms with E-state index < -0.39 is 0 Å². The van der Waals surface area contributed by atoms with Gasteiger partial charge in [0.1, 0.15) is 5.01 Å². The average molecular weight is 442 g/mol. The number of benzene rings is 2. The van der Waals surface area contributed by atoms with Gasteiger partial charge in [0.05, 0.1) is 0 Å². The summed E-state index contributed by atoms with van der Waals surface area (Å²) in [4.78, 5) is 13.0. The van der Waals surface area contributed by atoms with Crippen molar-refractivity contribution in [3.05, 3.63) is 70.0 Å². The first-order valence-electron chi connectivity index (χ1n) is 8.48. The van der Waals surface area contributed by atoms with Crippen LogP contribution in [0.15, 0.2) is 53.0 Å². The smallest absolute Gasteiger partial charge is 0.251 e. The van der Waals surface area contributed by atoms with E-state index in [-0.39, 0.29) is 5.91 Å². The summed E-state index contributed by atoms with van der Waals surface area (Å²) < 4.78 is 2.68. The largest absolute Gasteiger partial charge is 0.348 e. The third-order valence-electron chi connectivity index (χ3n) is 4.11. The van der Waals surface area contributed by atoms with Gasteiger partial charge in [-0.2, -0.15) is 9.61 Å². The number of nitrogens with one attached hydrogen (secondary N) is 1. The maximum absolute atomic E-state index is 12.2. The number of fused-ring (bicyclic) bond motifs is 1. The van der Waals surface area contributed by atoms with Crippen LogP contribution in [0.1, 0.15) is 28.7 Å². The van der Waals surface area contributed by atoms with Crippen molar-refractivity contribution in [2.24, 2.45) is 0 Å². The van der Waals surface area contributed by atoms with E-state index in [1.807, 2.05) is 43.3 Å². The Labute approximate surface area is 168 Å². The molecule has 6 nitrogen and oxygen atoms in total. The van der Waals surface area contributed by atoms with Gasteiger partial charge in [-0.15, -0.1) is 10.2 Å². The van der Waals surface area contributed by atoms with Gasteiger partial charge in [0.25, 0.3) is 5.91 Å². The monoisotopic (exact) mass is 441 g/mol. The topological polar surface area (TPSA) is 72.2 Å². The van der Waals surface area contributed by atoms with Gasteiger partial charge in [-0.1, -0.05) is 64.5 Å². The first-order chi connectivity index (χ1) is 13.1. The van der Waals surface area contributed by atoms with Crippen molar-refractivity contribution in [1.29, 1.82) is 0 Å². The van der Waals surface area contributed by atoms with Crippen LogP contribution in [0.2, 0.25) is 0 Å². The quantitative estimate of drug-likeness (QED) is 0.505. The van der Waals surface area contributed by atoms with Crippen LogP contribution in [0.5, 0.6) is 0 Å². The Kier molecular flexibility index (Phi) is 5.00. The van der Waals surface area contributed by atoms with Crippen LogP contribution in [0.4, 0.5) is 0 Å². The van der Waals surface area contributed by atoms with E-state index in [1.54, 1.807) is 16.6 Å². The van der Waals surface area contributed by atoms with Gasteiger partial charge in [-0.25, -0.2) is 0 Å². The summed E-state index contributed by atoms with van der Waals surface area (Å²) in [6, 6.07) is 15.4. The molecule has 0 saturated heterocycles. The van der Waals surface area contributed by atoms with Gasteiger partial charge in [0, 0.05) is 28.6 Å². The van der Waals surface area contributed by atoms with Crippen molar-refractivity contribution in [3.8, 4) is 10.6 Å². The van der Waals surface area contributed by atoms with Crippen molar-refractivity contribution in [2.45, 2.75) is 19.9 Å². The predicted molar refractivity (Wildman–Crippen MR) is 109 cm³/mol. The second kappa shape index (κ2) is 7.58. The number of aryl methyl sites for hydroxylation is 1. The van der Waals surface area contributed by atoms with E-state index in [1.165, 1.54) is 11.3 Å². The number of halogens is 1. The molecule has 8 heteroatoms. The normalized spacial score (nSPS) is 11.0. The highest BCUT2D eigenvalue weighted by Crippen LogP contribution is 2.25. The molecule has 0 aliphatic heterocycles. The number of aromatic nitrogens is 4. The molecule has 4 rings (SSSR count). The second-order valence-corrected chi connectivity index (χ2v) is 7.83. The molecule has 0 saturated carbocycles. The van der Waals surface area contributed by atoms with Crippen molar-refractivity contribution in [2.75, 3.05) is 0 Å². The summed E-state index contributed by atoms with van der Waals surface area (Å²) in [7, 11) is 0. The van der Waals surface area contributed by atoms with Gasteiger partial charge in [0.2, 0.25) is 4.96 Å². The minimum Gasteiger partial charge on any atom is -0.348 e. The van der Waals surface area contributed by atoms with Crippen molar-refractivity contribution in [1.82, 2.24) is 25.1 Å². The van der Waals surface area contributed by atoms with Gasteiger partial charge >= 0.3 is 0 Å². The molecule has 1 N–H and O–H groups in total. The van der Waals surface area contributed by atoms with E-state index in [0.29, 0.717) is 12.1 Å². The maximum atomic E-state index is 12.2. The third kappa shape index (κ3) is 3.77. The summed E-state index contributed by atoms with van der Waals surface area (Å²) >= 11 is 4.89. The highest BCUT2D eigenvalue weighted by atomic mass is 79.9. The molecule has 27 heavy (non-hydrogen) atoms. The number of amides is 1. The van der Waals surface area contributed by atoms with Crippen LogP contribution in [0, 0.1) is 0 Å². The second-order valence-electron chi connectivity index (χ2n) is 5.96. The maximum Gasteiger partial charge on any atom is 0.251 e. The number of carbonyl (C=O) groups is 1. The van der Waals surface area contributed by atoms with Gasteiger partial charge in [-0.05, 0) is 23.8 Å². The Balaban J connectivity index is 1.45. The predicted octanol–water partition coefficient (Wildman–Crippen LogP) is 4.11. The molecule has 0 radical (unpaired) electrons. The Bertz CT molecular complexity index is 1100. The minimum atomic E-state index is -0.0962. The van der Waals surface area contributed by atoms with E-state index >= 15 is 0 Å². The lowest BCUT2D eigenvalue weighted by molar-refractivity contribution is 0.0951. The Morgan fingerprint density at radius 3 is 2.74 bits per heavy atom. The molecule has 0 unspecified atom stereocenters. The lowest BCUT2D eigenvalue weighted by atomic mass is 10.1. The standard InChI is InChI=1S/C19H16BrN5OS/c1-2-16-22-23-19-25(16)24-18(27-19)13-8-6-12(7-9-13)11-21-17(26)14-4-3-5-15(20)10-14/h3-10H,2,11H2,1H3,(H,21,26). The molecular weight excluding hydrogens is 426 g/mol. The molecule has 2 aromatic carbocycles. The summed E-state index contributed by atoms with van der Waals surface area (Å²) in [6.07, 6.45) is 0.793. The highest BCUT2D eigenvalue weighted by molar-refractivity contribution is 9.10. The molecule has 0 fully saturated rings. The fourth-order valence-corrected chi connectivity index (χ4v) is 3.94. The minimum absolute atomic E-state index is 0.0962. The van der Waals surface area contributed by atoms with Crippen molar-refractivity contribution >= 4 is 38.1 Å². The number of carbonyl (C=O) groups excluding carboxylic acids is 1. The lowest BCUT2D eigenvalue weighted by Gasteiger charge is -2.06. The SMILES string of the molecule is CCc1nnc2sc(-c3ccc(CNC(=O)c4cccc(Br)c4)cc3)nn12. The molecule has 0 aliphatic carbocycles. The molecule has 4 aromatic rings. The Hall–Kier alpha value is -2.58. The summed E-state index contributed by atoms with van der Waals surface area (Å²) in [6.45, 7) is 2.50. The van der Waals surface area contributed by atoms with Crippen molar-refractivity contribution in [3.63, 3.8) is 0 Å². The first-order valence-corrected chi connectivity index (χ1v) is 10.1. The third-order valence-corrected chi connectivity index (χ3v) is 5.55. The zero-order chi connectivity index (χ0) is 18.8. The Morgan fingerprint density at radius 1 is 1.19 bits per heavy atom. The van der Waals surface area contributed by atoms with E-state index in [0.717, 1.165) is 37.8 Å². The molecule has 2 aromatic heterocycles. The molecule has 1 amide bonds. The molecular formula is C19H16BrN5OS. The zero-order valence-electron chi connectivity index (χ0n) is 14.5. The molecule has 0 atom stereocenters. The molecule has 2 heterocycles. The highest BCUT2D eigenvalue weighted by Gasteiger charge is 2.12. The van der Waals surface area contributed by atoms with E-state index in [9.17, 15) is 4.79 Å². The van der Waals surface area contributed by atoms with Gasteiger partial charge in [-0.3, -0.25) is 4.79 Å². The number of nitrogens with zero attached hydrogens (tertiary/aromatic N) is 4. The molecule has 0 spiro atoms. The number of hydrogen-bond acceptors (Lipinski definition) is 5.